The van der Waals surface area contributed by atoms with Crippen LogP contribution in [0.25, 0.3) is 6.08 Å². The van der Waals surface area contributed by atoms with Crippen LogP contribution in [0.3, 0.4) is 0 Å². The van der Waals surface area contributed by atoms with Crippen LogP contribution in [0, 0.1) is 21.8 Å². The molecule has 41 heavy (non-hydrogen) atoms. The van der Waals surface area contributed by atoms with Gasteiger partial charge in [-0.25, -0.2) is 0 Å². The Morgan fingerprint density at radius 3 is 2.20 bits per heavy atom. The smallest absolute Gasteiger partial charge is 0.266 e. The SMILES string of the molecule is CCOc1cc(/C=C(\C#N)C(=O)Nc2ccc(OCc3ccc(C)cc3)cc2)cc(I)c1OCc1ccc(Cl)cc1. The van der Waals surface area contributed by atoms with Gasteiger partial charge in [-0.3, -0.25) is 4.79 Å². The monoisotopic (exact) mass is 678 g/mol. The van der Waals surface area contributed by atoms with Crippen molar-refractivity contribution >= 4 is 51.9 Å². The molecule has 0 atom stereocenters. The second kappa shape index (κ2) is 14.6. The van der Waals surface area contributed by atoms with E-state index in [1.165, 1.54) is 11.6 Å². The Bertz CT molecular complexity index is 1560. The maximum absolute atomic E-state index is 12.9. The van der Waals surface area contributed by atoms with Gasteiger partial charge in [0.2, 0.25) is 0 Å². The van der Waals surface area contributed by atoms with Crippen molar-refractivity contribution < 1.29 is 19.0 Å². The normalized spacial score (nSPS) is 11.0. The second-order valence-corrected chi connectivity index (χ2v) is 10.7. The van der Waals surface area contributed by atoms with Crippen LogP contribution in [0.2, 0.25) is 5.02 Å². The summed E-state index contributed by atoms with van der Waals surface area (Å²) in [6, 6.07) is 28.2. The molecule has 0 aliphatic rings. The third kappa shape index (κ3) is 8.74. The molecule has 0 aliphatic carbocycles. The number of hydrogen-bond donors (Lipinski definition) is 1. The largest absolute Gasteiger partial charge is 0.490 e. The molecule has 0 unspecified atom stereocenters. The standard InChI is InChI=1S/C33H28ClIN2O4/c1-3-39-31-18-25(17-30(35)32(31)41-21-24-8-10-27(34)11-9-24)16-26(19-36)33(38)37-28-12-14-29(15-13-28)40-20-23-6-4-22(2)5-7-23/h4-18H,3,20-21H2,1-2H3,(H,37,38)/b26-16+. The minimum Gasteiger partial charge on any atom is -0.490 e. The van der Waals surface area contributed by atoms with Crippen LogP contribution in [0.1, 0.15) is 29.2 Å². The van der Waals surface area contributed by atoms with Crippen molar-refractivity contribution in [2.75, 3.05) is 11.9 Å². The van der Waals surface area contributed by atoms with Crippen LogP contribution in [0.15, 0.2) is 90.5 Å². The van der Waals surface area contributed by atoms with Gasteiger partial charge in [-0.15, -0.1) is 0 Å². The fourth-order valence-electron chi connectivity index (χ4n) is 3.81. The number of rotatable bonds is 11. The lowest BCUT2D eigenvalue weighted by Crippen LogP contribution is -2.13. The predicted molar refractivity (Wildman–Crippen MR) is 170 cm³/mol. The minimum atomic E-state index is -0.517. The fraction of sp³-hybridized carbons (Fsp3) is 0.152. The van der Waals surface area contributed by atoms with Gasteiger partial charge in [0.05, 0.1) is 10.2 Å². The molecule has 0 spiro atoms. The number of carbonyl (C=O) groups excluding carboxylic acids is 1. The maximum Gasteiger partial charge on any atom is 0.266 e. The van der Waals surface area contributed by atoms with E-state index in [1.54, 1.807) is 30.3 Å². The first-order chi connectivity index (χ1) is 19.8. The average Bonchev–Trinajstić information content (AvgIpc) is 2.97. The van der Waals surface area contributed by atoms with Gasteiger partial charge in [-0.05, 0) is 108 Å². The average molecular weight is 679 g/mol. The van der Waals surface area contributed by atoms with Crippen LogP contribution >= 0.6 is 34.2 Å². The third-order valence-electron chi connectivity index (χ3n) is 5.94. The van der Waals surface area contributed by atoms with Gasteiger partial charge in [0.15, 0.2) is 11.5 Å². The van der Waals surface area contributed by atoms with Crippen LogP contribution in [0.4, 0.5) is 5.69 Å². The van der Waals surface area contributed by atoms with Crippen molar-refractivity contribution in [3.05, 3.63) is 121 Å². The summed E-state index contributed by atoms with van der Waals surface area (Å²) in [7, 11) is 0. The van der Waals surface area contributed by atoms with Gasteiger partial charge >= 0.3 is 0 Å². The molecular weight excluding hydrogens is 651 g/mol. The first kappa shape index (κ1) is 30.0. The highest BCUT2D eigenvalue weighted by atomic mass is 127. The zero-order valence-corrected chi connectivity index (χ0v) is 25.5. The molecule has 208 valence electrons. The summed E-state index contributed by atoms with van der Waals surface area (Å²) in [5, 5.41) is 13.2. The molecule has 1 N–H and O–H groups in total. The summed E-state index contributed by atoms with van der Waals surface area (Å²) in [5.74, 6) is 1.28. The predicted octanol–water partition coefficient (Wildman–Crippen LogP) is 8.36. The first-order valence-corrected chi connectivity index (χ1v) is 14.4. The highest BCUT2D eigenvalue weighted by Crippen LogP contribution is 2.35. The van der Waals surface area contributed by atoms with E-state index in [4.69, 9.17) is 25.8 Å². The van der Waals surface area contributed by atoms with Crippen LogP contribution in [0.5, 0.6) is 17.2 Å². The number of halogens is 2. The molecule has 0 aromatic heterocycles. The molecule has 0 saturated heterocycles. The molecule has 6 nitrogen and oxygen atoms in total. The van der Waals surface area contributed by atoms with E-state index in [2.05, 4.69) is 27.9 Å². The van der Waals surface area contributed by atoms with E-state index in [0.717, 1.165) is 14.7 Å². The number of nitrogens with one attached hydrogen (secondary N) is 1. The summed E-state index contributed by atoms with van der Waals surface area (Å²) in [6.45, 7) is 5.13. The van der Waals surface area contributed by atoms with Crippen molar-refractivity contribution in [2.45, 2.75) is 27.1 Å². The first-order valence-electron chi connectivity index (χ1n) is 12.9. The van der Waals surface area contributed by atoms with Gasteiger partial charge in [-0.1, -0.05) is 53.6 Å². The van der Waals surface area contributed by atoms with Crippen molar-refractivity contribution in [2.24, 2.45) is 0 Å². The topological polar surface area (TPSA) is 80.6 Å². The van der Waals surface area contributed by atoms with Crippen LogP contribution in [-0.4, -0.2) is 12.5 Å². The molecule has 4 aromatic rings. The zero-order valence-electron chi connectivity index (χ0n) is 22.6. The van der Waals surface area contributed by atoms with Crippen molar-refractivity contribution in [3.8, 4) is 23.3 Å². The number of carbonyl (C=O) groups is 1. The lowest BCUT2D eigenvalue weighted by atomic mass is 10.1. The van der Waals surface area contributed by atoms with E-state index >= 15 is 0 Å². The number of nitrogens with zero attached hydrogens (tertiary/aromatic N) is 1. The number of anilines is 1. The lowest BCUT2D eigenvalue weighted by Gasteiger charge is -2.15. The van der Waals surface area contributed by atoms with E-state index in [0.29, 0.717) is 53.3 Å². The molecule has 0 radical (unpaired) electrons. The Kier molecular flexibility index (Phi) is 10.7. The molecule has 0 saturated carbocycles. The molecule has 0 fully saturated rings. The summed E-state index contributed by atoms with van der Waals surface area (Å²) >= 11 is 8.13. The molecule has 0 aliphatic heterocycles. The fourth-order valence-corrected chi connectivity index (χ4v) is 4.72. The van der Waals surface area contributed by atoms with Gasteiger partial charge in [0.1, 0.15) is 30.6 Å². The van der Waals surface area contributed by atoms with Gasteiger partial charge < -0.3 is 19.5 Å². The molecule has 4 rings (SSSR count). The molecule has 4 aromatic carbocycles. The zero-order chi connectivity index (χ0) is 29.2. The van der Waals surface area contributed by atoms with Crippen LogP contribution in [-0.2, 0) is 18.0 Å². The van der Waals surface area contributed by atoms with E-state index in [-0.39, 0.29) is 5.57 Å². The Morgan fingerprint density at radius 2 is 1.56 bits per heavy atom. The van der Waals surface area contributed by atoms with E-state index in [1.807, 2.05) is 74.5 Å². The van der Waals surface area contributed by atoms with E-state index < -0.39 is 5.91 Å². The Morgan fingerprint density at radius 1 is 0.927 bits per heavy atom. The summed E-state index contributed by atoms with van der Waals surface area (Å²) in [5.41, 5.74) is 4.38. The summed E-state index contributed by atoms with van der Waals surface area (Å²) in [6.07, 6.45) is 1.53. The Balaban J connectivity index is 1.43. The highest BCUT2D eigenvalue weighted by molar-refractivity contribution is 14.1. The summed E-state index contributed by atoms with van der Waals surface area (Å²) < 4.78 is 18.5. The van der Waals surface area contributed by atoms with Crippen molar-refractivity contribution in [3.63, 3.8) is 0 Å². The van der Waals surface area contributed by atoms with Gasteiger partial charge in [-0.2, -0.15) is 5.26 Å². The van der Waals surface area contributed by atoms with E-state index in [9.17, 15) is 10.1 Å². The number of amides is 1. The number of benzene rings is 4. The Labute approximate surface area is 258 Å². The Hall–Kier alpha value is -4.00. The molecular formula is C33H28ClIN2O4. The molecule has 0 heterocycles. The quantitative estimate of drug-likeness (QED) is 0.0980. The summed E-state index contributed by atoms with van der Waals surface area (Å²) in [4.78, 5) is 12.9. The lowest BCUT2D eigenvalue weighted by molar-refractivity contribution is -0.112. The highest BCUT2D eigenvalue weighted by Gasteiger charge is 2.15. The van der Waals surface area contributed by atoms with Gasteiger partial charge in [0.25, 0.3) is 5.91 Å². The molecule has 0 bridgehead atoms. The maximum atomic E-state index is 12.9. The molecule has 1 amide bonds. The second-order valence-electron chi connectivity index (χ2n) is 9.10. The number of ether oxygens (including phenoxy) is 3. The van der Waals surface area contributed by atoms with Crippen LogP contribution < -0.4 is 19.5 Å². The minimum absolute atomic E-state index is 0.0437. The van der Waals surface area contributed by atoms with Gasteiger partial charge in [0, 0.05) is 10.7 Å². The molecule has 8 heteroatoms. The van der Waals surface area contributed by atoms with Crippen molar-refractivity contribution in [1.29, 1.82) is 5.26 Å². The number of aryl methyl sites for hydroxylation is 1. The third-order valence-corrected chi connectivity index (χ3v) is 7.00. The number of hydrogen-bond acceptors (Lipinski definition) is 5. The number of nitriles is 1. The van der Waals surface area contributed by atoms with Crippen molar-refractivity contribution in [1.82, 2.24) is 0 Å².